The van der Waals surface area contributed by atoms with Gasteiger partial charge < -0.3 is 4.74 Å². The second-order valence-electron chi connectivity index (χ2n) is 6.11. The molecular formula is C16H21F2NO4S. The smallest absolute Gasteiger partial charge is 0.313 e. The minimum Gasteiger partial charge on any atom is -0.466 e. The molecule has 0 amide bonds. The van der Waals surface area contributed by atoms with Crippen molar-refractivity contribution in [3.8, 4) is 0 Å². The van der Waals surface area contributed by atoms with E-state index in [2.05, 4.69) is 0 Å². The Morgan fingerprint density at radius 2 is 2.08 bits per heavy atom. The Morgan fingerprint density at radius 3 is 2.67 bits per heavy atom. The van der Waals surface area contributed by atoms with Gasteiger partial charge in [-0.3, -0.25) is 4.79 Å². The van der Waals surface area contributed by atoms with Gasteiger partial charge in [0.25, 0.3) is 0 Å². The highest BCUT2D eigenvalue weighted by atomic mass is 32.2. The maximum absolute atomic E-state index is 14.0. The van der Waals surface area contributed by atoms with Crippen molar-refractivity contribution in [1.82, 2.24) is 4.31 Å². The third-order valence-electron chi connectivity index (χ3n) is 4.26. The summed E-state index contributed by atoms with van der Waals surface area (Å²) in [6.45, 7) is 2.04. The predicted octanol–water partition coefficient (Wildman–Crippen LogP) is 2.11. The molecule has 0 N–H and O–H groups in total. The van der Waals surface area contributed by atoms with Gasteiger partial charge in [0.15, 0.2) is 0 Å². The number of carbonyl (C=O) groups excluding carboxylic acids is 1. The van der Waals surface area contributed by atoms with Crippen LogP contribution in [-0.2, 0) is 26.0 Å². The molecule has 1 aliphatic heterocycles. The van der Waals surface area contributed by atoms with Gasteiger partial charge in [0.2, 0.25) is 10.0 Å². The maximum atomic E-state index is 14.0. The number of sulfonamides is 1. The van der Waals surface area contributed by atoms with Crippen LogP contribution in [0.1, 0.15) is 25.3 Å². The molecule has 1 aromatic carbocycles. The van der Waals surface area contributed by atoms with E-state index in [-0.39, 0.29) is 25.1 Å². The topological polar surface area (TPSA) is 63.7 Å². The molecule has 0 spiro atoms. The Balaban J connectivity index is 2.38. The zero-order chi connectivity index (χ0) is 18.0. The van der Waals surface area contributed by atoms with E-state index in [0.717, 1.165) is 18.4 Å². The number of esters is 1. The molecule has 1 heterocycles. The molecule has 0 saturated carbocycles. The Kier molecular flexibility index (Phi) is 5.59. The molecule has 1 saturated heterocycles. The molecule has 5 nitrogen and oxygen atoms in total. The molecule has 0 bridgehead atoms. The van der Waals surface area contributed by atoms with Crippen LogP contribution in [0.5, 0.6) is 0 Å². The van der Waals surface area contributed by atoms with Crippen molar-refractivity contribution in [1.29, 1.82) is 0 Å². The quantitative estimate of drug-likeness (QED) is 0.754. The van der Waals surface area contributed by atoms with Crippen molar-refractivity contribution in [2.24, 2.45) is 5.41 Å². The average molecular weight is 361 g/mol. The summed E-state index contributed by atoms with van der Waals surface area (Å²) in [4.78, 5) is 12.5. The first-order chi connectivity index (χ1) is 11.2. The van der Waals surface area contributed by atoms with Gasteiger partial charge in [0.05, 0.1) is 18.3 Å². The minimum atomic E-state index is -3.48. The number of benzene rings is 1. The number of carbonyl (C=O) groups is 1. The molecule has 1 fully saturated rings. The lowest BCUT2D eigenvalue weighted by atomic mass is 9.75. The van der Waals surface area contributed by atoms with Gasteiger partial charge in [-0.2, -0.15) is 0 Å². The number of halogens is 2. The molecule has 1 atom stereocenters. The van der Waals surface area contributed by atoms with Crippen molar-refractivity contribution in [2.45, 2.75) is 26.2 Å². The average Bonchev–Trinajstić information content (AvgIpc) is 2.50. The molecule has 1 unspecified atom stereocenters. The second-order valence-corrected chi connectivity index (χ2v) is 8.10. The highest BCUT2D eigenvalue weighted by Gasteiger charge is 2.46. The number of hydrogen-bond acceptors (Lipinski definition) is 4. The van der Waals surface area contributed by atoms with Crippen molar-refractivity contribution < 1.29 is 26.7 Å². The van der Waals surface area contributed by atoms with Gasteiger partial charge in [-0.15, -0.1) is 0 Å². The van der Waals surface area contributed by atoms with E-state index in [1.807, 2.05) is 0 Å². The molecule has 1 aliphatic rings. The molecule has 134 valence electrons. The monoisotopic (exact) mass is 361 g/mol. The third-order valence-corrected chi connectivity index (χ3v) is 5.51. The number of rotatable bonds is 5. The number of ether oxygens (including phenoxy) is 1. The van der Waals surface area contributed by atoms with Crippen LogP contribution in [0.3, 0.4) is 0 Å². The van der Waals surface area contributed by atoms with Crippen LogP contribution in [0.25, 0.3) is 0 Å². The molecule has 0 aliphatic carbocycles. The molecule has 0 aromatic heterocycles. The molecule has 8 heteroatoms. The Morgan fingerprint density at radius 1 is 1.38 bits per heavy atom. The lowest BCUT2D eigenvalue weighted by Gasteiger charge is -2.40. The van der Waals surface area contributed by atoms with Crippen LogP contribution >= 0.6 is 0 Å². The van der Waals surface area contributed by atoms with Gasteiger partial charge >= 0.3 is 5.97 Å². The number of hydrogen-bond donors (Lipinski definition) is 0. The van der Waals surface area contributed by atoms with Gasteiger partial charge in [-0.05, 0) is 37.8 Å². The molecular weight excluding hydrogens is 340 g/mol. The van der Waals surface area contributed by atoms with E-state index < -0.39 is 33.0 Å². The molecule has 24 heavy (non-hydrogen) atoms. The fourth-order valence-electron chi connectivity index (χ4n) is 3.07. The summed E-state index contributed by atoms with van der Waals surface area (Å²) in [6.07, 6.45) is 1.89. The molecule has 0 radical (unpaired) electrons. The summed E-state index contributed by atoms with van der Waals surface area (Å²) < 4.78 is 57.2. The van der Waals surface area contributed by atoms with Crippen LogP contribution < -0.4 is 0 Å². The zero-order valence-electron chi connectivity index (χ0n) is 13.7. The van der Waals surface area contributed by atoms with E-state index in [4.69, 9.17) is 4.74 Å². The van der Waals surface area contributed by atoms with Crippen molar-refractivity contribution in [3.05, 3.63) is 35.4 Å². The molecule has 2 rings (SSSR count). The van der Waals surface area contributed by atoms with E-state index in [1.54, 1.807) is 6.92 Å². The Bertz CT molecular complexity index is 723. The first-order valence-electron chi connectivity index (χ1n) is 7.74. The first kappa shape index (κ1) is 18.8. The Hall–Kier alpha value is -1.54. The highest BCUT2D eigenvalue weighted by molar-refractivity contribution is 7.88. The predicted molar refractivity (Wildman–Crippen MR) is 84.8 cm³/mol. The highest BCUT2D eigenvalue weighted by Crippen LogP contribution is 2.36. The second kappa shape index (κ2) is 7.14. The number of nitrogens with zero attached hydrogens (tertiary/aromatic N) is 1. The maximum Gasteiger partial charge on any atom is 0.313 e. The summed E-state index contributed by atoms with van der Waals surface area (Å²) in [7, 11) is -3.48. The van der Waals surface area contributed by atoms with Gasteiger partial charge in [0.1, 0.15) is 11.6 Å². The third kappa shape index (κ3) is 4.10. The molecule has 1 aromatic rings. The van der Waals surface area contributed by atoms with E-state index in [9.17, 15) is 22.0 Å². The minimum absolute atomic E-state index is 0.0377. The van der Waals surface area contributed by atoms with Crippen LogP contribution in [0.2, 0.25) is 0 Å². The largest absolute Gasteiger partial charge is 0.466 e. The summed E-state index contributed by atoms with van der Waals surface area (Å²) in [5.74, 6) is -2.01. The van der Waals surface area contributed by atoms with Gasteiger partial charge in [0, 0.05) is 19.2 Å². The van der Waals surface area contributed by atoms with Crippen molar-refractivity contribution >= 4 is 16.0 Å². The lowest BCUT2D eigenvalue weighted by Crippen LogP contribution is -2.51. The fraction of sp³-hybridized carbons (Fsp3) is 0.562. The summed E-state index contributed by atoms with van der Waals surface area (Å²) in [6, 6.07) is 3.16. The normalized spacial score (nSPS) is 22.3. The van der Waals surface area contributed by atoms with Crippen LogP contribution in [0.15, 0.2) is 18.2 Å². The van der Waals surface area contributed by atoms with Crippen LogP contribution in [0.4, 0.5) is 8.78 Å². The van der Waals surface area contributed by atoms with Crippen LogP contribution in [0, 0.1) is 17.0 Å². The van der Waals surface area contributed by atoms with E-state index >= 15 is 0 Å². The fourth-order valence-corrected chi connectivity index (χ4v) is 4.01. The van der Waals surface area contributed by atoms with Gasteiger partial charge in [-0.1, -0.05) is 6.07 Å². The van der Waals surface area contributed by atoms with Crippen molar-refractivity contribution in [2.75, 3.05) is 26.0 Å². The first-order valence-corrected chi connectivity index (χ1v) is 9.59. The Labute approximate surface area is 140 Å². The van der Waals surface area contributed by atoms with Gasteiger partial charge in [-0.25, -0.2) is 21.5 Å². The standard InChI is InChI=1S/C16H21F2NO4S/c1-3-23-15(20)16(7-4-8-19(11-16)24(2,21)22)10-12-5-6-13(17)9-14(12)18/h5-6,9H,3-4,7-8,10-11H2,1-2H3. The SMILES string of the molecule is CCOC(=O)C1(Cc2ccc(F)cc2F)CCCN(S(C)(=O)=O)C1. The zero-order valence-corrected chi connectivity index (χ0v) is 14.5. The summed E-state index contributed by atoms with van der Waals surface area (Å²) in [5.41, 5.74) is -1.00. The van der Waals surface area contributed by atoms with Crippen molar-refractivity contribution in [3.63, 3.8) is 0 Å². The summed E-state index contributed by atoms with van der Waals surface area (Å²) >= 11 is 0. The lowest BCUT2D eigenvalue weighted by molar-refractivity contribution is -0.157. The van der Waals surface area contributed by atoms with E-state index in [1.165, 1.54) is 10.4 Å². The summed E-state index contributed by atoms with van der Waals surface area (Å²) in [5, 5.41) is 0. The van der Waals surface area contributed by atoms with Crippen LogP contribution in [-0.4, -0.2) is 44.6 Å². The number of piperidine rings is 1. The van der Waals surface area contributed by atoms with E-state index in [0.29, 0.717) is 19.4 Å².